The van der Waals surface area contributed by atoms with Crippen molar-refractivity contribution in [2.45, 2.75) is 45.8 Å². The van der Waals surface area contributed by atoms with E-state index in [1.54, 1.807) is 0 Å². The largest absolute Gasteiger partial charge is 0.414 e. The molecule has 0 bridgehead atoms. The Morgan fingerprint density at radius 1 is 1.35 bits per heavy atom. The Morgan fingerprint density at radius 2 is 2.12 bits per heavy atom. The maximum absolute atomic E-state index is 4.36. The Labute approximate surface area is 106 Å². The van der Waals surface area contributed by atoms with E-state index < -0.39 is 8.24 Å². The number of nitrogens with zero attached hydrogens (tertiary/aromatic N) is 1. The quantitative estimate of drug-likeness (QED) is 0.769. The lowest BCUT2D eigenvalue weighted by atomic mass is 10.2. The Hall–Kier alpha value is -1.09. The molecule has 0 amide bonds. The highest BCUT2D eigenvalue weighted by Crippen LogP contribution is 2.12. The van der Waals surface area contributed by atoms with E-state index in [0.717, 1.165) is 12.1 Å². The predicted octanol–water partition coefficient (Wildman–Crippen LogP) is 4.04. The van der Waals surface area contributed by atoms with E-state index in [1.165, 1.54) is 18.5 Å². The van der Waals surface area contributed by atoms with Crippen molar-refractivity contribution in [3.63, 3.8) is 0 Å². The molecular weight excluding hydrogens is 224 g/mol. The van der Waals surface area contributed by atoms with Crippen LogP contribution in [0.2, 0.25) is 19.6 Å². The van der Waals surface area contributed by atoms with Crippen molar-refractivity contribution >= 4 is 14.3 Å². The zero-order valence-corrected chi connectivity index (χ0v) is 12.5. The number of unbranched alkanes of at least 4 members (excludes halogenated alkanes) is 1. The minimum atomic E-state index is -1.27. The van der Waals surface area contributed by atoms with Crippen molar-refractivity contribution in [1.29, 1.82) is 0 Å². The van der Waals surface area contributed by atoms with Gasteiger partial charge in [-0.3, -0.25) is 4.98 Å². The van der Waals surface area contributed by atoms with Gasteiger partial charge in [-0.2, -0.15) is 0 Å². The molecule has 0 atom stereocenters. The van der Waals surface area contributed by atoms with Crippen LogP contribution < -0.4 is 4.98 Å². The molecule has 0 fully saturated rings. The van der Waals surface area contributed by atoms with E-state index in [1.807, 2.05) is 18.3 Å². The van der Waals surface area contributed by atoms with Crippen molar-refractivity contribution in [2.75, 3.05) is 0 Å². The van der Waals surface area contributed by atoms with Crippen LogP contribution in [-0.4, -0.2) is 13.2 Å². The van der Waals surface area contributed by atoms with E-state index >= 15 is 0 Å². The van der Waals surface area contributed by atoms with Gasteiger partial charge in [0.15, 0.2) is 0 Å². The van der Waals surface area contributed by atoms with Crippen LogP contribution in [-0.2, 0) is 0 Å². The molecule has 17 heavy (non-hydrogen) atoms. The van der Waals surface area contributed by atoms with Crippen molar-refractivity contribution in [1.82, 2.24) is 9.97 Å². The molecule has 0 aliphatic carbocycles. The first-order valence-corrected chi connectivity index (χ1v) is 9.91. The second kappa shape index (κ2) is 6.60. The van der Waals surface area contributed by atoms with Crippen molar-refractivity contribution < 1.29 is 0 Å². The van der Waals surface area contributed by atoms with Gasteiger partial charge in [0.1, 0.15) is 8.24 Å². The van der Waals surface area contributed by atoms with Gasteiger partial charge in [0.05, 0.1) is 5.69 Å². The SMILES string of the molecule is CCCC/C(=C\c1ccccn1)N[Si](C)(C)C. The second-order valence-corrected chi connectivity index (χ2v) is 10.2. The van der Waals surface area contributed by atoms with Crippen LogP contribution in [0.4, 0.5) is 0 Å². The average molecular weight is 248 g/mol. The molecule has 94 valence electrons. The van der Waals surface area contributed by atoms with Gasteiger partial charge in [-0.25, -0.2) is 0 Å². The number of hydrogen-bond donors (Lipinski definition) is 1. The van der Waals surface area contributed by atoms with Crippen molar-refractivity contribution in [3.8, 4) is 0 Å². The van der Waals surface area contributed by atoms with Crippen LogP contribution in [0.5, 0.6) is 0 Å². The lowest BCUT2D eigenvalue weighted by molar-refractivity contribution is 0.767. The molecule has 0 spiro atoms. The smallest absolute Gasteiger partial charge is 0.143 e. The Bertz CT molecular complexity index is 352. The molecule has 0 saturated carbocycles. The number of pyridine rings is 1. The van der Waals surface area contributed by atoms with Gasteiger partial charge in [0.2, 0.25) is 0 Å². The first kappa shape index (κ1) is 14.0. The van der Waals surface area contributed by atoms with Gasteiger partial charge >= 0.3 is 0 Å². The van der Waals surface area contributed by atoms with E-state index in [2.05, 4.69) is 48.7 Å². The summed E-state index contributed by atoms with van der Waals surface area (Å²) < 4.78 is 0. The molecule has 0 aliphatic rings. The summed E-state index contributed by atoms with van der Waals surface area (Å²) in [6.45, 7) is 9.20. The third-order valence-corrected chi connectivity index (χ3v) is 3.42. The summed E-state index contributed by atoms with van der Waals surface area (Å²) in [5, 5.41) is 0. The monoisotopic (exact) mass is 248 g/mol. The fourth-order valence-electron chi connectivity index (χ4n) is 1.66. The Morgan fingerprint density at radius 3 is 2.65 bits per heavy atom. The normalized spacial score (nSPS) is 12.6. The molecule has 0 aliphatic heterocycles. The lowest BCUT2D eigenvalue weighted by Crippen LogP contribution is -2.40. The topological polar surface area (TPSA) is 24.9 Å². The number of rotatable bonds is 6. The fourth-order valence-corrected chi connectivity index (χ4v) is 2.82. The van der Waals surface area contributed by atoms with Gasteiger partial charge in [-0.05, 0) is 31.1 Å². The van der Waals surface area contributed by atoms with Gasteiger partial charge in [-0.1, -0.05) is 39.1 Å². The predicted molar refractivity (Wildman–Crippen MR) is 78.2 cm³/mol. The number of aromatic nitrogens is 1. The first-order valence-electron chi connectivity index (χ1n) is 6.41. The summed E-state index contributed by atoms with van der Waals surface area (Å²) in [5.74, 6) is 0. The van der Waals surface area contributed by atoms with Crippen LogP contribution >= 0.6 is 0 Å². The third-order valence-electron chi connectivity index (χ3n) is 2.35. The molecule has 0 saturated heterocycles. The van der Waals surface area contributed by atoms with Crippen LogP contribution in [0.25, 0.3) is 6.08 Å². The molecule has 1 aromatic rings. The zero-order chi connectivity index (χ0) is 12.7. The third kappa shape index (κ3) is 6.27. The highest BCUT2D eigenvalue weighted by atomic mass is 28.3. The highest BCUT2D eigenvalue weighted by Gasteiger charge is 2.14. The van der Waals surface area contributed by atoms with Gasteiger partial charge in [-0.15, -0.1) is 0 Å². The fraction of sp³-hybridized carbons (Fsp3) is 0.500. The molecule has 0 radical (unpaired) electrons. The molecule has 3 heteroatoms. The summed E-state index contributed by atoms with van der Waals surface area (Å²) in [6.07, 6.45) is 7.62. The highest BCUT2D eigenvalue weighted by molar-refractivity contribution is 6.74. The second-order valence-electron chi connectivity index (χ2n) is 5.40. The van der Waals surface area contributed by atoms with Crippen LogP contribution in [0.1, 0.15) is 31.9 Å². The number of nitrogens with one attached hydrogen (secondary N) is 1. The minimum Gasteiger partial charge on any atom is -0.414 e. The zero-order valence-electron chi connectivity index (χ0n) is 11.5. The molecule has 1 N–H and O–H groups in total. The Kier molecular flexibility index (Phi) is 5.42. The van der Waals surface area contributed by atoms with E-state index in [9.17, 15) is 0 Å². The molecule has 0 unspecified atom stereocenters. The molecule has 1 aromatic heterocycles. The number of hydrogen-bond acceptors (Lipinski definition) is 2. The summed E-state index contributed by atoms with van der Waals surface area (Å²) in [7, 11) is -1.27. The minimum absolute atomic E-state index is 1.05. The Balaban J connectivity index is 2.78. The van der Waals surface area contributed by atoms with Crippen LogP contribution in [0, 0.1) is 0 Å². The molecule has 0 aromatic carbocycles. The van der Waals surface area contributed by atoms with E-state index in [0.29, 0.717) is 0 Å². The molecule has 2 nitrogen and oxygen atoms in total. The van der Waals surface area contributed by atoms with Gasteiger partial charge < -0.3 is 4.98 Å². The summed E-state index contributed by atoms with van der Waals surface area (Å²) >= 11 is 0. The molecular formula is C14H24N2Si. The molecule has 1 heterocycles. The van der Waals surface area contributed by atoms with Gasteiger partial charge in [0.25, 0.3) is 0 Å². The lowest BCUT2D eigenvalue weighted by Gasteiger charge is -2.22. The van der Waals surface area contributed by atoms with Crippen molar-refractivity contribution in [3.05, 3.63) is 35.8 Å². The summed E-state index contributed by atoms with van der Waals surface area (Å²) in [5.41, 5.74) is 2.38. The average Bonchev–Trinajstić information content (AvgIpc) is 2.25. The van der Waals surface area contributed by atoms with Crippen LogP contribution in [0.3, 0.4) is 0 Å². The first-order chi connectivity index (χ1) is 8.01. The summed E-state index contributed by atoms with van der Waals surface area (Å²) in [4.78, 5) is 8.06. The maximum atomic E-state index is 4.36. The number of allylic oxidation sites excluding steroid dienone is 1. The van der Waals surface area contributed by atoms with E-state index in [4.69, 9.17) is 0 Å². The van der Waals surface area contributed by atoms with Gasteiger partial charge in [0, 0.05) is 11.9 Å². The molecule has 1 rings (SSSR count). The van der Waals surface area contributed by atoms with Crippen molar-refractivity contribution in [2.24, 2.45) is 0 Å². The maximum Gasteiger partial charge on any atom is 0.143 e. The van der Waals surface area contributed by atoms with Crippen LogP contribution in [0.15, 0.2) is 30.1 Å². The summed E-state index contributed by atoms with van der Waals surface area (Å²) in [6, 6.07) is 6.04. The standard InChI is InChI=1S/C14H24N2Si/c1-5-6-9-14(16-17(2,3)4)12-13-10-7-8-11-15-13/h7-8,10-12,16H,5-6,9H2,1-4H3/b14-12+. The van der Waals surface area contributed by atoms with E-state index in [-0.39, 0.29) is 0 Å².